The molecule has 0 aromatic heterocycles. The van der Waals surface area contributed by atoms with Crippen LogP contribution >= 0.6 is 34.8 Å². The lowest BCUT2D eigenvalue weighted by molar-refractivity contribution is -0.140. The van der Waals surface area contributed by atoms with E-state index in [0.29, 0.717) is 32.7 Å². The summed E-state index contributed by atoms with van der Waals surface area (Å²) in [6.45, 7) is 5.31. The van der Waals surface area contributed by atoms with Gasteiger partial charge in [0.1, 0.15) is 12.6 Å². The Morgan fingerprint density at radius 3 is 2.02 bits per heavy atom. The van der Waals surface area contributed by atoms with Crippen LogP contribution < -0.4 is 9.62 Å². The molecule has 46 heavy (non-hydrogen) atoms. The molecule has 0 unspecified atom stereocenters. The molecule has 242 valence electrons. The number of rotatable bonds is 13. The van der Waals surface area contributed by atoms with Crippen molar-refractivity contribution in [2.75, 3.05) is 17.4 Å². The van der Waals surface area contributed by atoms with Gasteiger partial charge in [0, 0.05) is 40.1 Å². The zero-order valence-corrected chi connectivity index (χ0v) is 28.9. The van der Waals surface area contributed by atoms with E-state index in [4.69, 9.17) is 34.8 Å². The molecule has 0 aliphatic rings. The first kappa shape index (κ1) is 35.3. The highest BCUT2D eigenvalue weighted by atomic mass is 35.5. The molecule has 11 heteroatoms. The topological polar surface area (TPSA) is 86.8 Å². The van der Waals surface area contributed by atoms with Gasteiger partial charge < -0.3 is 10.2 Å². The first-order valence-corrected chi connectivity index (χ1v) is 17.3. The van der Waals surface area contributed by atoms with Crippen molar-refractivity contribution in [3.05, 3.63) is 129 Å². The van der Waals surface area contributed by atoms with Gasteiger partial charge in [-0.3, -0.25) is 13.9 Å². The Bertz CT molecular complexity index is 1750. The average molecular weight is 701 g/mol. The molecule has 4 aromatic rings. The van der Waals surface area contributed by atoms with E-state index >= 15 is 0 Å². The van der Waals surface area contributed by atoms with Crippen LogP contribution in [0.25, 0.3) is 0 Å². The SMILES string of the molecule is Cc1cc(Cl)ccc1N(CC(=O)N(Cc1c(Cl)cccc1Cl)[C@@H](Cc1ccccc1)C(=O)NCC(C)C)S(=O)(=O)c1ccccc1. The van der Waals surface area contributed by atoms with Crippen molar-refractivity contribution in [1.29, 1.82) is 0 Å². The number of anilines is 1. The van der Waals surface area contributed by atoms with E-state index in [0.717, 1.165) is 9.87 Å². The molecule has 2 amide bonds. The third-order valence-corrected chi connectivity index (χ3v) is 10.1. The molecule has 0 spiro atoms. The Balaban J connectivity index is 1.85. The summed E-state index contributed by atoms with van der Waals surface area (Å²) in [7, 11) is -4.24. The molecule has 0 aliphatic carbocycles. The monoisotopic (exact) mass is 699 g/mol. The Morgan fingerprint density at radius 2 is 1.43 bits per heavy atom. The molecular formula is C35H36Cl3N3O4S. The maximum Gasteiger partial charge on any atom is 0.264 e. The Labute approximate surface area is 286 Å². The summed E-state index contributed by atoms with van der Waals surface area (Å²) in [5.74, 6) is -0.845. The summed E-state index contributed by atoms with van der Waals surface area (Å²) in [5.41, 5.74) is 2.09. The van der Waals surface area contributed by atoms with Gasteiger partial charge in [0.25, 0.3) is 10.0 Å². The summed E-state index contributed by atoms with van der Waals surface area (Å²) in [6.07, 6.45) is 0.171. The summed E-state index contributed by atoms with van der Waals surface area (Å²) in [6, 6.07) is 25.9. The Morgan fingerprint density at radius 1 is 0.826 bits per heavy atom. The highest BCUT2D eigenvalue weighted by molar-refractivity contribution is 7.92. The van der Waals surface area contributed by atoms with Crippen LogP contribution in [0.15, 0.2) is 102 Å². The van der Waals surface area contributed by atoms with E-state index in [9.17, 15) is 18.0 Å². The van der Waals surface area contributed by atoms with Gasteiger partial charge in [-0.2, -0.15) is 0 Å². The second-order valence-electron chi connectivity index (χ2n) is 11.3. The lowest BCUT2D eigenvalue weighted by Crippen LogP contribution is -2.54. The molecule has 7 nitrogen and oxygen atoms in total. The minimum absolute atomic E-state index is 0.00774. The number of hydrogen-bond donors (Lipinski definition) is 1. The zero-order valence-electron chi connectivity index (χ0n) is 25.8. The fourth-order valence-electron chi connectivity index (χ4n) is 4.96. The number of carbonyl (C=O) groups is 2. The molecule has 0 radical (unpaired) electrons. The first-order valence-electron chi connectivity index (χ1n) is 14.8. The van der Waals surface area contributed by atoms with Crippen molar-refractivity contribution in [3.8, 4) is 0 Å². The number of benzene rings is 4. The lowest BCUT2D eigenvalue weighted by atomic mass is 10.0. The fourth-order valence-corrected chi connectivity index (χ4v) is 7.21. The average Bonchev–Trinajstić information content (AvgIpc) is 3.02. The molecule has 0 fully saturated rings. The number of nitrogens with zero attached hydrogens (tertiary/aromatic N) is 2. The van der Waals surface area contributed by atoms with Gasteiger partial charge >= 0.3 is 0 Å². The van der Waals surface area contributed by atoms with Crippen LogP contribution in [0.1, 0.15) is 30.5 Å². The third-order valence-electron chi connectivity index (χ3n) is 7.38. The normalized spacial score (nSPS) is 12.1. The molecule has 1 atom stereocenters. The van der Waals surface area contributed by atoms with Crippen molar-refractivity contribution in [1.82, 2.24) is 10.2 Å². The van der Waals surface area contributed by atoms with Crippen LogP contribution in [0.2, 0.25) is 15.1 Å². The molecule has 0 bridgehead atoms. The second-order valence-corrected chi connectivity index (χ2v) is 14.4. The van der Waals surface area contributed by atoms with E-state index in [1.807, 2.05) is 44.2 Å². The lowest BCUT2D eigenvalue weighted by Gasteiger charge is -2.34. The van der Waals surface area contributed by atoms with Crippen LogP contribution in [0, 0.1) is 12.8 Å². The molecule has 4 aromatic carbocycles. The van der Waals surface area contributed by atoms with E-state index < -0.39 is 28.5 Å². The predicted molar refractivity (Wildman–Crippen MR) is 186 cm³/mol. The Hall–Kier alpha value is -3.56. The van der Waals surface area contributed by atoms with Crippen molar-refractivity contribution >= 4 is 62.3 Å². The second kappa shape index (κ2) is 15.8. The van der Waals surface area contributed by atoms with Crippen LogP contribution in [-0.4, -0.2) is 44.3 Å². The van der Waals surface area contributed by atoms with Crippen molar-refractivity contribution in [2.45, 2.75) is 44.7 Å². The minimum Gasteiger partial charge on any atom is -0.354 e. The van der Waals surface area contributed by atoms with Crippen LogP contribution in [0.4, 0.5) is 5.69 Å². The summed E-state index contributed by atoms with van der Waals surface area (Å²) in [4.78, 5) is 29.9. The van der Waals surface area contributed by atoms with E-state index in [1.165, 1.54) is 17.0 Å². The van der Waals surface area contributed by atoms with Gasteiger partial charge in [0.15, 0.2) is 0 Å². The summed E-state index contributed by atoms with van der Waals surface area (Å²) in [5, 5.41) is 4.01. The highest BCUT2D eigenvalue weighted by Gasteiger charge is 2.35. The summed E-state index contributed by atoms with van der Waals surface area (Å²) >= 11 is 19.4. The zero-order chi connectivity index (χ0) is 33.4. The maximum atomic E-state index is 14.6. The van der Waals surface area contributed by atoms with E-state index in [1.54, 1.807) is 61.5 Å². The standard InChI is InChI=1S/C35H36Cl3N3O4S/c1-24(2)21-39-35(43)33(20-26-11-6-4-7-12-26)40(22-29-30(37)15-10-16-31(29)38)34(42)23-41(32-18-17-27(36)19-25(32)3)46(44,45)28-13-8-5-9-14-28/h4-19,24,33H,20-23H2,1-3H3,(H,39,43)/t33-/m0/s1. The quantitative estimate of drug-likeness (QED) is 0.156. The van der Waals surface area contributed by atoms with Crippen LogP contribution in [0.3, 0.4) is 0 Å². The van der Waals surface area contributed by atoms with Gasteiger partial charge in [-0.1, -0.05) is 103 Å². The number of aryl methyl sites for hydroxylation is 1. The first-order chi connectivity index (χ1) is 21.9. The number of hydrogen-bond acceptors (Lipinski definition) is 4. The molecule has 4 rings (SSSR count). The van der Waals surface area contributed by atoms with Gasteiger partial charge in [-0.05, 0) is 66.4 Å². The Kier molecular flexibility index (Phi) is 12.1. The molecular weight excluding hydrogens is 665 g/mol. The maximum absolute atomic E-state index is 14.6. The number of carbonyl (C=O) groups excluding carboxylic acids is 2. The van der Waals surface area contributed by atoms with Gasteiger partial charge in [0.05, 0.1) is 10.6 Å². The fraction of sp³-hybridized carbons (Fsp3) is 0.257. The van der Waals surface area contributed by atoms with Crippen LogP contribution in [0.5, 0.6) is 0 Å². The van der Waals surface area contributed by atoms with Gasteiger partial charge in [-0.25, -0.2) is 8.42 Å². The van der Waals surface area contributed by atoms with Crippen molar-refractivity contribution in [2.24, 2.45) is 5.92 Å². The number of amides is 2. The predicted octanol–water partition coefficient (Wildman–Crippen LogP) is 7.56. The summed E-state index contributed by atoms with van der Waals surface area (Å²) < 4.78 is 29.4. The molecule has 1 N–H and O–H groups in total. The largest absolute Gasteiger partial charge is 0.354 e. The molecule has 0 heterocycles. The van der Waals surface area contributed by atoms with E-state index in [2.05, 4.69) is 5.32 Å². The van der Waals surface area contributed by atoms with Crippen molar-refractivity contribution < 1.29 is 18.0 Å². The van der Waals surface area contributed by atoms with Crippen LogP contribution in [-0.2, 0) is 32.6 Å². The number of halogens is 3. The molecule has 0 saturated carbocycles. The molecule has 0 aliphatic heterocycles. The van der Waals surface area contributed by atoms with Crippen molar-refractivity contribution in [3.63, 3.8) is 0 Å². The van der Waals surface area contributed by atoms with Gasteiger partial charge in [-0.15, -0.1) is 0 Å². The van der Waals surface area contributed by atoms with E-state index in [-0.39, 0.29) is 35.4 Å². The minimum atomic E-state index is -4.24. The number of nitrogens with one attached hydrogen (secondary N) is 1. The smallest absolute Gasteiger partial charge is 0.264 e. The molecule has 0 saturated heterocycles. The highest BCUT2D eigenvalue weighted by Crippen LogP contribution is 2.31. The number of sulfonamides is 1. The van der Waals surface area contributed by atoms with Gasteiger partial charge in [0.2, 0.25) is 11.8 Å². The third kappa shape index (κ3) is 8.82.